The van der Waals surface area contributed by atoms with E-state index in [0.717, 1.165) is 16.8 Å². The quantitative estimate of drug-likeness (QED) is 0.318. The zero-order valence-electron chi connectivity index (χ0n) is 22.3. The molecule has 202 valence electrons. The Labute approximate surface area is 231 Å². The summed E-state index contributed by atoms with van der Waals surface area (Å²) in [6.07, 6.45) is 0. The maximum absolute atomic E-state index is 11.7. The number of benzene rings is 3. The molecule has 0 spiro atoms. The second-order valence-corrected chi connectivity index (χ2v) is 9.83. The van der Waals surface area contributed by atoms with Crippen LogP contribution < -0.4 is 20.9 Å². The minimum absolute atomic E-state index is 0.187. The topological polar surface area (TPSA) is 148 Å². The number of nitrogens with zero attached hydrogens (tertiary/aromatic N) is 5. The minimum atomic E-state index is -1.01. The minimum Gasteiger partial charge on any atom is -0.478 e. The van der Waals surface area contributed by atoms with Crippen molar-refractivity contribution in [3.05, 3.63) is 88.6 Å². The van der Waals surface area contributed by atoms with Gasteiger partial charge in [-0.15, -0.1) is 0 Å². The summed E-state index contributed by atoms with van der Waals surface area (Å²) in [5.74, 6) is -0.935. The van der Waals surface area contributed by atoms with Gasteiger partial charge in [0.25, 0.3) is 0 Å². The van der Waals surface area contributed by atoms with E-state index in [1.54, 1.807) is 36.4 Å². The molecular formula is C30H29N7O3. The molecule has 10 heteroatoms. The third-order valence-electron chi connectivity index (χ3n) is 7.12. The van der Waals surface area contributed by atoms with Crippen molar-refractivity contribution in [3.8, 4) is 6.07 Å². The molecule has 1 aliphatic rings. The molecule has 1 amide bonds. The SMILES string of the molecule is Cc1cc([C@@H](C)Nc2ccccc2C(=O)O)c2nc(N3CCN(c4ccc(C(N)=O)cc4)CC3)c(C#N)nc2c1. The number of carboxylic acids is 1. The summed E-state index contributed by atoms with van der Waals surface area (Å²) >= 11 is 0. The fraction of sp³-hybridized carbons (Fsp3) is 0.233. The average Bonchev–Trinajstić information content (AvgIpc) is 2.96. The number of anilines is 3. The number of piperazine rings is 1. The highest BCUT2D eigenvalue weighted by molar-refractivity contribution is 5.94. The number of hydrogen-bond donors (Lipinski definition) is 3. The van der Waals surface area contributed by atoms with E-state index in [-0.39, 0.29) is 17.3 Å². The maximum atomic E-state index is 11.7. The molecule has 3 aromatic carbocycles. The number of carbonyl (C=O) groups excluding carboxylic acids is 1. The number of aryl methyl sites for hydroxylation is 1. The van der Waals surface area contributed by atoms with E-state index in [0.29, 0.717) is 54.3 Å². The van der Waals surface area contributed by atoms with Crippen molar-refractivity contribution in [2.45, 2.75) is 19.9 Å². The van der Waals surface area contributed by atoms with Crippen LogP contribution in [0.2, 0.25) is 0 Å². The standard InChI is InChI=1S/C30H29N7O3/c1-18-15-23(19(2)33-24-6-4-3-5-22(24)30(39)40)27-25(16-18)34-26(17-31)29(35-27)37-13-11-36(12-14-37)21-9-7-20(8-10-21)28(32)38/h3-10,15-16,19,33H,11-14H2,1-2H3,(H2,32,38)(H,39,40)/t19-/m1/s1. The van der Waals surface area contributed by atoms with Crippen molar-refractivity contribution in [1.82, 2.24) is 9.97 Å². The van der Waals surface area contributed by atoms with E-state index in [1.807, 2.05) is 38.1 Å². The average molecular weight is 536 g/mol. The zero-order chi connectivity index (χ0) is 28.4. The molecule has 4 aromatic rings. The van der Waals surface area contributed by atoms with E-state index in [2.05, 4.69) is 26.2 Å². The first-order valence-corrected chi connectivity index (χ1v) is 13.0. The Balaban J connectivity index is 1.44. The summed E-state index contributed by atoms with van der Waals surface area (Å²) in [4.78, 5) is 37.1. The van der Waals surface area contributed by atoms with Crippen LogP contribution in [0.3, 0.4) is 0 Å². The van der Waals surface area contributed by atoms with Gasteiger partial charge in [-0.3, -0.25) is 4.79 Å². The molecule has 2 heterocycles. The van der Waals surface area contributed by atoms with Crippen molar-refractivity contribution in [2.75, 3.05) is 41.3 Å². The first kappa shape index (κ1) is 26.4. The van der Waals surface area contributed by atoms with Gasteiger partial charge in [0.1, 0.15) is 6.07 Å². The molecule has 0 unspecified atom stereocenters. The molecule has 0 bridgehead atoms. The lowest BCUT2D eigenvalue weighted by Crippen LogP contribution is -2.47. The summed E-state index contributed by atoms with van der Waals surface area (Å²) in [5, 5.41) is 22.9. The Morgan fingerprint density at radius 3 is 2.35 bits per heavy atom. The molecule has 1 saturated heterocycles. The Morgan fingerprint density at radius 2 is 1.70 bits per heavy atom. The van der Waals surface area contributed by atoms with Crippen LogP contribution in [0.4, 0.5) is 17.2 Å². The number of rotatable bonds is 7. The highest BCUT2D eigenvalue weighted by atomic mass is 16.4. The number of aromatic nitrogens is 2. The number of fused-ring (bicyclic) bond motifs is 1. The zero-order valence-corrected chi connectivity index (χ0v) is 22.3. The van der Waals surface area contributed by atoms with Gasteiger partial charge >= 0.3 is 5.97 Å². The predicted molar refractivity (Wildman–Crippen MR) is 154 cm³/mol. The van der Waals surface area contributed by atoms with Crippen molar-refractivity contribution in [1.29, 1.82) is 5.26 Å². The van der Waals surface area contributed by atoms with Gasteiger partial charge in [0.15, 0.2) is 11.5 Å². The summed E-state index contributed by atoms with van der Waals surface area (Å²) in [5.41, 5.74) is 10.9. The van der Waals surface area contributed by atoms with Gasteiger partial charge in [0.05, 0.1) is 22.6 Å². The van der Waals surface area contributed by atoms with Crippen molar-refractivity contribution < 1.29 is 14.7 Å². The lowest BCUT2D eigenvalue weighted by atomic mass is 10.0. The number of amides is 1. The molecule has 1 atom stereocenters. The van der Waals surface area contributed by atoms with Crippen LogP contribution in [-0.4, -0.2) is 53.1 Å². The number of nitrogens with two attached hydrogens (primary N) is 1. The summed E-state index contributed by atoms with van der Waals surface area (Å²) in [6, 6.07) is 19.9. The highest BCUT2D eigenvalue weighted by Gasteiger charge is 2.24. The van der Waals surface area contributed by atoms with Crippen molar-refractivity contribution in [3.63, 3.8) is 0 Å². The van der Waals surface area contributed by atoms with Crippen LogP contribution >= 0.6 is 0 Å². The normalized spacial score (nSPS) is 14.0. The highest BCUT2D eigenvalue weighted by Crippen LogP contribution is 2.31. The molecule has 0 aliphatic carbocycles. The van der Waals surface area contributed by atoms with Gasteiger partial charge in [-0.1, -0.05) is 18.2 Å². The Kier molecular flexibility index (Phi) is 7.21. The third kappa shape index (κ3) is 5.22. The number of hydrogen-bond acceptors (Lipinski definition) is 8. The number of carboxylic acid groups (broad SMARTS) is 1. The maximum Gasteiger partial charge on any atom is 0.337 e. The summed E-state index contributed by atoms with van der Waals surface area (Å²) in [7, 11) is 0. The molecule has 0 saturated carbocycles. The second-order valence-electron chi connectivity index (χ2n) is 9.83. The van der Waals surface area contributed by atoms with E-state index in [1.165, 1.54) is 0 Å². The number of carbonyl (C=O) groups is 2. The van der Waals surface area contributed by atoms with Gasteiger partial charge in [0.2, 0.25) is 5.91 Å². The van der Waals surface area contributed by atoms with Crippen LogP contribution in [0.1, 0.15) is 50.5 Å². The van der Waals surface area contributed by atoms with Crippen LogP contribution in [0, 0.1) is 18.3 Å². The van der Waals surface area contributed by atoms with Crippen molar-refractivity contribution in [2.24, 2.45) is 5.73 Å². The van der Waals surface area contributed by atoms with E-state index < -0.39 is 11.9 Å². The van der Waals surface area contributed by atoms with E-state index >= 15 is 0 Å². The summed E-state index contributed by atoms with van der Waals surface area (Å²) < 4.78 is 0. The number of nitrogens with one attached hydrogen (secondary N) is 1. The smallest absolute Gasteiger partial charge is 0.337 e. The van der Waals surface area contributed by atoms with Gasteiger partial charge in [-0.05, 0) is 61.9 Å². The van der Waals surface area contributed by atoms with E-state index in [4.69, 9.17) is 10.7 Å². The van der Waals surface area contributed by atoms with Gasteiger partial charge < -0.3 is 26.0 Å². The van der Waals surface area contributed by atoms with E-state index in [9.17, 15) is 20.0 Å². The molecule has 40 heavy (non-hydrogen) atoms. The Morgan fingerprint density at radius 1 is 1.02 bits per heavy atom. The molecule has 5 rings (SSSR count). The monoisotopic (exact) mass is 535 g/mol. The number of aromatic carboxylic acids is 1. The third-order valence-corrected chi connectivity index (χ3v) is 7.12. The van der Waals surface area contributed by atoms with Gasteiger partial charge in [-0.2, -0.15) is 5.26 Å². The predicted octanol–water partition coefficient (Wildman–Crippen LogP) is 4.11. The number of primary amides is 1. The lowest BCUT2D eigenvalue weighted by molar-refractivity contribution is 0.0697. The molecule has 1 aromatic heterocycles. The molecule has 4 N–H and O–H groups in total. The molecule has 1 aliphatic heterocycles. The lowest BCUT2D eigenvalue weighted by Gasteiger charge is -2.37. The van der Waals surface area contributed by atoms with Gasteiger partial charge in [-0.25, -0.2) is 14.8 Å². The fourth-order valence-corrected chi connectivity index (χ4v) is 5.07. The first-order valence-electron chi connectivity index (χ1n) is 13.0. The fourth-order valence-electron chi connectivity index (χ4n) is 5.07. The molecule has 10 nitrogen and oxygen atoms in total. The van der Waals surface area contributed by atoms with Gasteiger partial charge in [0, 0.05) is 48.7 Å². The van der Waals surface area contributed by atoms with Crippen LogP contribution in [0.25, 0.3) is 11.0 Å². The number of para-hydroxylation sites is 1. The van der Waals surface area contributed by atoms with Crippen LogP contribution in [0.5, 0.6) is 0 Å². The Hall–Kier alpha value is -5.17. The van der Waals surface area contributed by atoms with Crippen molar-refractivity contribution >= 4 is 40.1 Å². The largest absolute Gasteiger partial charge is 0.478 e. The number of nitriles is 1. The Bertz CT molecular complexity index is 1640. The summed E-state index contributed by atoms with van der Waals surface area (Å²) in [6.45, 7) is 6.57. The molecule has 1 fully saturated rings. The first-order chi connectivity index (χ1) is 19.2. The molecule has 0 radical (unpaired) electrons. The molecular weight excluding hydrogens is 506 g/mol. The van der Waals surface area contributed by atoms with Crippen LogP contribution in [-0.2, 0) is 0 Å². The second kappa shape index (κ2) is 10.9. The van der Waals surface area contributed by atoms with Crippen LogP contribution in [0.15, 0.2) is 60.7 Å².